The van der Waals surface area contributed by atoms with Gasteiger partial charge in [-0.3, -0.25) is 9.59 Å². The van der Waals surface area contributed by atoms with Crippen LogP contribution in [-0.2, 0) is 35.0 Å². The number of anilines is 2. The highest BCUT2D eigenvalue weighted by molar-refractivity contribution is 6.34. The molecule has 3 aliphatic rings. The summed E-state index contributed by atoms with van der Waals surface area (Å²) in [4.78, 5) is 29.0. The molecule has 51 heavy (non-hydrogen) atoms. The van der Waals surface area contributed by atoms with Gasteiger partial charge in [-0.05, 0) is 56.7 Å². The van der Waals surface area contributed by atoms with Crippen molar-refractivity contribution in [3.8, 4) is 16.9 Å². The monoisotopic (exact) mass is 723 g/mol. The molecule has 0 radical (unpaired) electrons. The minimum atomic E-state index is -1.54. The van der Waals surface area contributed by atoms with Crippen LogP contribution in [0.3, 0.4) is 0 Å². The number of hydrogen-bond donors (Lipinski definition) is 3. The number of nitrogens with two attached hydrogens (primary N) is 1. The molecule has 3 aliphatic heterocycles. The first-order valence-electron chi connectivity index (χ1n) is 17.1. The third-order valence-electron chi connectivity index (χ3n) is 10.1. The molecule has 5 rings (SSSR count). The number of halogens is 1. The number of methoxy groups -OCH3 is 2. The highest BCUT2D eigenvalue weighted by atomic mass is 35.5. The highest BCUT2D eigenvalue weighted by Crippen LogP contribution is 2.50. The number of nitrogen functional groups attached to an aromatic ring is 1. The van der Waals surface area contributed by atoms with Crippen LogP contribution in [-0.4, -0.2) is 74.0 Å². The van der Waals surface area contributed by atoms with E-state index in [1.54, 1.807) is 57.2 Å². The number of carbonyl (C=O) groups is 2. The molecule has 0 aromatic heterocycles. The molecule has 2 fully saturated rings. The summed E-state index contributed by atoms with van der Waals surface area (Å²) in [6.07, 6.45) is 3.36. The summed E-state index contributed by atoms with van der Waals surface area (Å²) in [5.41, 5.74) is 7.63. The van der Waals surface area contributed by atoms with Crippen molar-refractivity contribution in [2.75, 3.05) is 31.9 Å². The predicted molar refractivity (Wildman–Crippen MR) is 197 cm³/mol. The third-order valence-corrected chi connectivity index (χ3v) is 10.4. The predicted octanol–water partition coefficient (Wildman–Crippen LogP) is 5.92. The smallest absolute Gasteiger partial charge is 0.308 e. The van der Waals surface area contributed by atoms with Crippen molar-refractivity contribution >= 4 is 34.9 Å². The maximum absolute atomic E-state index is 14.4. The number of carbonyl (C=O) groups excluding carboxylic acids is 2. The topological polar surface area (TPSA) is 145 Å². The van der Waals surface area contributed by atoms with Crippen LogP contribution in [0, 0.1) is 11.8 Å². The molecule has 4 bridgehead atoms. The molecule has 0 saturated carbocycles. The lowest BCUT2D eigenvalue weighted by Crippen LogP contribution is -2.60. The molecule has 2 aromatic carbocycles. The zero-order valence-electron chi connectivity index (χ0n) is 30.6. The molecule has 2 aromatic rings. The number of rotatable bonds is 5. The van der Waals surface area contributed by atoms with Crippen molar-refractivity contribution < 1.29 is 38.4 Å². The molecule has 2 saturated heterocycles. The van der Waals surface area contributed by atoms with Gasteiger partial charge in [0.2, 0.25) is 5.91 Å². The Labute approximate surface area is 305 Å². The van der Waals surface area contributed by atoms with Gasteiger partial charge in [0.05, 0.1) is 36.3 Å². The fourth-order valence-corrected chi connectivity index (χ4v) is 7.33. The van der Waals surface area contributed by atoms with Crippen LogP contribution >= 0.6 is 11.6 Å². The lowest BCUT2D eigenvalue weighted by Gasteiger charge is -2.44. The van der Waals surface area contributed by atoms with E-state index in [9.17, 15) is 14.7 Å². The molecule has 3 heterocycles. The van der Waals surface area contributed by atoms with Gasteiger partial charge in [0.1, 0.15) is 29.7 Å². The number of nitrogens with zero attached hydrogens (tertiary/aromatic N) is 1. The van der Waals surface area contributed by atoms with Gasteiger partial charge >= 0.3 is 5.97 Å². The first-order chi connectivity index (χ1) is 24.0. The largest absolute Gasteiger partial charge is 0.496 e. The number of epoxide rings is 1. The van der Waals surface area contributed by atoms with Gasteiger partial charge in [0.15, 0.2) is 11.6 Å². The quantitative estimate of drug-likeness (QED) is 0.193. The average Bonchev–Trinajstić information content (AvgIpc) is 3.76. The average molecular weight is 724 g/mol. The van der Waals surface area contributed by atoms with Gasteiger partial charge in [-0.2, -0.15) is 0 Å². The van der Waals surface area contributed by atoms with Crippen molar-refractivity contribution in [3.63, 3.8) is 0 Å². The summed E-state index contributed by atoms with van der Waals surface area (Å²) in [7, 11) is 4.78. The number of nitrogens with one attached hydrogen (secondary N) is 1. The van der Waals surface area contributed by atoms with E-state index >= 15 is 0 Å². The third kappa shape index (κ3) is 7.91. The lowest BCUT2D eigenvalue weighted by molar-refractivity contribution is -0.159. The SMILES string of the molecule is C=C1N[C@]2(O)C[C@H](O1)[C@@H](C)[C@@H]1O[C@@]1(C)[C@@H](OC(=O)C(C)C)CC(=O)N(C)c1cc(cc(OC)c1-c1ccc(N)cc1Cl)C/C(C)=C/C=C/[C@H]2OC. The van der Waals surface area contributed by atoms with E-state index < -0.39 is 47.6 Å². The van der Waals surface area contributed by atoms with Gasteiger partial charge in [0.25, 0.3) is 0 Å². The Balaban J connectivity index is 1.66. The number of hydrogen-bond acceptors (Lipinski definition) is 10. The second-order valence-electron chi connectivity index (χ2n) is 14.3. The Kier molecular flexibility index (Phi) is 11.2. The van der Waals surface area contributed by atoms with Crippen LogP contribution in [0.2, 0.25) is 5.02 Å². The molecule has 0 aliphatic carbocycles. The highest BCUT2D eigenvalue weighted by Gasteiger charge is 2.64. The van der Waals surface area contributed by atoms with E-state index in [2.05, 4.69) is 11.9 Å². The molecule has 276 valence electrons. The first kappa shape index (κ1) is 38.2. The lowest BCUT2D eigenvalue weighted by atomic mass is 9.83. The molecule has 7 atom stereocenters. The zero-order chi connectivity index (χ0) is 37.4. The van der Waals surface area contributed by atoms with Gasteiger partial charge in [-0.15, -0.1) is 0 Å². The molecule has 11 nitrogen and oxygen atoms in total. The van der Waals surface area contributed by atoms with Crippen LogP contribution in [0.1, 0.15) is 53.0 Å². The number of fused-ring (bicyclic) bond motifs is 5. The van der Waals surface area contributed by atoms with E-state index in [0.717, 1.165) is 11.1 Å². The van der Waals surface area contributed by atoms with Crippen LogP contribution in [0.25, 0.3) is 11.1 Å². The van der Waals surface area contributed by atoms with Crippen molar-refractivity contribution in [1.29, 1.82) is 0 Å². The maximum Gasteiger partial charge on any atom is 0.308 e. The van der Waals surface area contributed by atoms with Crippen molar-refractivity contribution in [2.24, 2.45) is 11.8 Å². The molecular formula is C39H50ClN3O8. The Morgan fingerprint density at radius 1 is 1.24 bits per heavy atom. The molecule has 4 N–H and O–H groups in total. The van der Waals surface area contributed by atoms with E-state index in [0.29, 0.717) is 39.7 Å². The summed E-state index contributed by atoms with van der Waals surface area (Å²) in [5, 5.41) is 15.2. The summed E-state index contributed by atoms with van der Waals surface area (Å²) < 4.78 is 30.2. The van der Waals surface area contributed by atoms with Gasteiger partial charge < -0.3 is 44.7 Å². The van der Waals surface area contributed by atoms with Crippen LogP contribution in [0.15, 0.2) is 66.6 Å². The summed E-state index contributed by atoms with van der Waals surface area (Å²) in [6, 6.07) is 9.05. The van der Waals surface area contributed by atoms with E-state index in [4.69, 9.17) is 41.0 Å². The van der Waals surface area contributed by atoms with Crippen molar-refractivity contribution in [1.82, 2.24) is 5.32 Å². The van der Waals surface area contributed by atoms with Crippen LogP contribution in [0.4, 0.5) is 11.4 Å². The van der Waals surface area contributed by atoms with Crippen LogP contribution in [0.5, 0.6) is 5.75 Å². The molecule has 1 amide bonds. The number of amides is 1. The number of allylic oxidation sites excluding steroid dienone is 3. The summed E-state index contributed by atoms with van der Waals surface area (Å²) >= 11 is 6.75. The minimum Gasteiger partial charge on any atom is -0.496 e. The summed E-state index contributed by atoms with van der Waals surface area (Å²) in [5.74, 6) is -0.802. The Morgan fingerprint density at radius 2 is 1.96 bits per heavy atom. The van der Waals surface area contributed by atoms with E-state index in [1.165, 1.54) is 7.11 Å². The fourth-order valence-electron chi connectivity index (χ4n) is 7.05. The molecule has 12 heteroatoms. The number of benzene rings is 2. The molecule has 0 spiro atoms. The Hall–Kier alpha value is -4.03. The van der Waals surface area contributed by atoms with E-state index in [-0.39, 0.29) is 30.5 Å². The standard InChI is InChI=1S/C39H50ClN3O8/c1-21(2)37(45)50-33-19-34(44)43(7)29-16-25(17-30(47-8)35(29)27-14-13-26(41)18-28(27)40)15-22(3)11-10-12-32(48-9)39(46)20-31(49-24(5)42-39)23(4)36-38(33,6)51-36/h10-14,16-18,21,23,31-33,36,42,46H,5,15,19-20,41H2,1-4,6-9H3/b12-10+,22-11+/t23-,31+,32-,33+,36+,38+,39+/m1/s1. The van der Waals surface area contributed by atoms with E-state index in [1.807, 2.05) is 45.1 Å². The fraction of sp³-hybridized carbons (Fsp3) is 0.487. The summed E-state index contributed by atoms with van der Waals surface area (Å²) in [6.45, 7) is 13.2. The first-order valence-corrected chi connectivity index (χ1v) is 17.5. The normalized spacial score (nSPS) is 31.5. The number of ether oxygens (including phenoxy) is 5. The van der Waals surface area contributed by atoms with Gasteiger partial charge in [-0.1, -0.05) is 62.2 Å². The Morgan fingerprint density at radius 3 is 2.61 bits per heavy atom. The zero-order valence-corrected chi connectivity index (χ0v) is 31.4. The van der Waals surface area contributed by atoms with Gasteiger partial charge in [0, 0.05) is 43.3 Å². The number of aliphatic hydroxyl groups is 1. The number of esters is 1. The maximum atomic E-state index is 14.4. The second kappa shape index (κ2) is 14.9. The second-order valence-corrected chi connectivity index (χ2v) is 14.7. The van der Waals surface area contributed by atoms with Crippen molar-refractivity contribution in [2.45, 2.75) is 89.6 Å². The van der Waals surface area contributed by atoms with Gasteiger partial charge in [-0.25, -0.2) is 0 Å². The molecule has 0 unspecified atom stereocenters. The molecular weight excluding hydrogens is 674 g/mol. The van der Waals surface area contributed by atoms with Crippen LogP contribution < -0.4 is 20.7 Å². The Bertz CT molecular complexity index is 1740. The van der Waals surface area contributed by atoms with Crippen molar-refractivity contribution in [3.05, 3.63) is 77.2 Å². The minimum absolute atomic E-state index is 0.148.